The van der Waals surface area contributed by atoms with Gasteiger partial charge in [-0.1, -0.05) is 34.1 Å². The Bertz CT molecular complexity index is 286. The fourth-order valence-corrected chi connectivity index (χ4v) is 4.77. The highest BCUT2D eigenvalue weighted by Gasteiger charge is 2.37. The maximum absolute atomic E-state index is 6.00. The lowest BCUT2D eigenvalue weighted by Gasteiger charge is -2.44. The van der Waals surface area contributed by atoms with Crippen molar-refractivity contribution in [3.05, 3.63) is 0 Å². The van der Waals surface area contributed by atoms with Crippen LogP contribution >= 0.6 is 0 Å². The van der Waals surface area contributed by atoms with E-state index in [1.54, 1.807) is 0 Å². The lowest BCUT2D eigenvalue weighted by molar-refractivity contribution is 0.0573. The van der Waals surface area contributed by atoms with Gasteiger partial charge in [0.15, 0.2) is 0 Å². The monoisotopic (exact) mass is 280 g/mol. The van der Waals surface area contributed by atoms with Gasteiger partial charge < -0.3 is 5.73 Å². The molecule has 0 radical (unpaired) electrons. The number of nitrogens with two attached hydrogens (primary N) is 1. The van der Waals surface area contributed by atoms with Gasteiger partial charge in [-0.05, 0) is 68.9 Å². The van der Waals surface area contributed by atoms with E-state index in [0.717, 1.165) is 30.5 Å². The highest BCUT2D eigenvalue weighted by atomic mass is 15.2. The molecule has 0 saturated heterocycles. The standard InChI is InChI=1S/C18H36N2/c1-5-20(17-8-6-7-14(17)13-19)16-11-9-15(10-12-16)18(2,3)4/h14-17H,5-13,19H2,1-4H3. The molecule has 2 fully saturated rings. The van der Waals surface area contributed by atoms with E-state index in [0.29, 0.717) is 5.41 Å². The van der Waals surface area contributed by atoms with Gasteiger partial charge in [0, 0.05) is 12.1 Å². The molecule has 20 heavy (non-hydrogen) atoms. The second-order valence-corrected chi connectivity index (χ2v) is 8.20. The number of nitrogens with zero attached hydrogens (tertiary/aromatic N) is 1. The van der Waals surface area contributed by atoms with E-state index in [1.165, 1.54) is 51.5 Å². The minimum Gasteiger partial charge on any atom is -0.330 e. The second-order valence-electron chi connectivity index (χ2n) is 8.20. The second kappa shape index (κ2) is 6.79. The van der Waals surface area contributed by atoms with Gasteiger partial charge in [0.2, 0.25) is 0 Å². The molecule has 0 aromatic rings. The zero-order chi connectivity index (χ0) is 14.8. The SMILES string of the molecule is CCN(C1CCC(C(C)(C)C)CC1)C1CCCC1CN. The fourth-order valence-electron chi connectivity index (χ4n) is 4.77. The summed E-state index contributed by atoms with van der Waals surface area (Å²) in [5.74, 6) is 1.68. The molecule has 0 aromatic heterocycles. The van der Waals surface area contributed by atoms with Crippen molar-refractivity contribution in [1.82, 2.24) is 4.90 Å². The van der Waals surface area contributed by atoms with Crippen LogP contribution in [0.15, 0.2) is 0 Å². The molecular formula is C18H36N2. The van der Waals surface area contributed by atoms with Crippen LogP contribution in [0.25, 0.3) is 0 Å². The van der Waals surface area contributed by atoms with Crippen LogP contribution in [0.3, 0.4) is 0 Å². The lowest BCUT2D eigenvalue weighted by Crippen LogP contribution is -2.48. The first kappa shape index (κ1) is 16.3. The normalized spacial score (nSPS) is 35.7. The van der Waals surface area contributed by atoms with Crippen molar-refractivity contribution in [2.24, 2.45) is 23.0 Å². The quantitative estimate of drug-likeness (QED) is 0.842. The minimum absolute atomic E-state index is 0.495. The number of hydrogen-bond donors (Lipinski definition) is 1. The van der Waals surface area contributed by atoms with Gasteiger partial charge in [0.1, 0.15) is 0 Å². The van der Waals surface area contributed by atoms with E-state index in [4.69, 9.17) is 5.73 Å². The first-order valence-corrected chi connectivity index (χ1v) is 8.93. The van der Waals surface area contributed by atoms with Gasteiger partial charge in [-0.15, -0.1) is 0 Å². The molecule has 2 unspecified atom stereocenters. The predicted molar refractivity (Wildman–Crippen MR) is 87.8 cm³/mol. The van der Waals surface area contributed by atoms with Crippen molar-refractivity contribution in [3.8, 4) is 0 Å². The van der Waals surface area contributed by atoms with Crippen molar-refractivity contribution in [2.45, 2.75) is 84.7 Å². The maximum atomic E-state index is 6.00. The van der Waals surface area contributed by atoms with Crippen molar-refractivity contribution >= 4 is 0 Å². The Kier molecular flexibility index (Phi) is 5.53. The number of rotatable bonds is 4. The third-order valence-corrected chi connectivity index (χ3v) is 6.10. The van der Waals surface area contributed by atoms with Crippen LogP contribution in [0, 0.1) is 17.3 Å². The van der Waals surface area contributed by atoms with Gasteiger partial charge in [-0.2, -0.15) is 0 Å². The summed E-state index contributed by atoms with van der Waals surface area (Å²) in [6.45, 7) is 11.7. The molecule has 0 amide bonds. The number of hydrogen-bond acceptors (Lipinski definition) is 2. The summed E-state index contributed by atoms with van der Waals surface area (Å²) in [5, 5.41) is 0. The zero-order valence-electron chi connectivity index (χ0n) is 14.2. The smallest absolute Gasteiger partial charge is 0.0138 e. The van der Waals surface area contributed by atoms with Crippen LogP contribution in [0.1, 0.15) is 72.6 Å². The van der Waals surface area contributed by atoms with Crippen molar-refractivity contribution in [1.29, 1.82) is 0 Å². The van der Waals surface area contributed by atoms with Gasteiger partial charge in [0.05, 0.1) is 0 Å². The van der Waals surface area contributed by atoms with E-state index < -0.39 is 0 Å². The highest BCUT2D eigenvalue weighted by Crippen LogP contribution is 2.41. The Balaban J connectivity index is 1.93. The predicted octanol–water partition coefficient (Wildman–Crippen LogP) is 4.04. The summed E-state index contributed by atoms with van der Waals surface area (Å²) in [4.78, 5) is 2.82. The molecule has 0 aromatic carbocycles. The molecule has 2 aliphatic carbocycles. The van der Waals surface area contributed by atoms with E-state index in [1.807, 2.05) is 0 Å². The Hall–Kier alpha value is -0.0800. The van der Waals surface area contributed by atoms with E-state index in [-0.39, 0.29) is 0 Å². The molecule has 118 valence electrons. The summed E-state index contributed by atoms with van der Waals surface area (Å²) in [6.07, 6.45) is 9.78. The van der Waals surface area contributed by atoms with Gasteiger partial charge in [-0.3, -0.25) is 4.90 Å². The van der Waals surface area contributed by atoms with Crippen molar-refractivity contribution in [3.63, 3.8) is 0 Å². The molecule has 2 saturated carbocycles. The fraction of sp³-hybridized carbons (Fsp3) is 1.00. The molecule has 2 nitrogen and oxygen atoms in total. The third-order valence-electron chi connectivity index (χ3n) is 6.10. The first-order valence-electron chi connectivity index (χ1n) is 8.93. The average Bonchev–Trinajstić information content (AvgIpc) is 2.87. The summed E-state index contributed by atoms with van der Waals surface area (Å²) >= 11 is 0. The summed E-state index contributed by atoms with van der Waals surface area (Å²) in [5.41, 5.74) is 6.49. The van der Waals surface area contributed by atoms with E-state index >= 15 is 0 Å². The molecular weight excluding hydrogens is 244 g/mol. The molecule has 2 aliphatic rings. The Morgan fingerprint density at radius 1 is 1.00 bits per heavy atom. The van der Waals surface area contributed by atoms with Crippen molar-refractivity contribution < 1.29 is 0 Å². The molecule has 0 aliphatic heterocycles. The Labute approximate surface area is 126 Å². The summed E-state index contributed by atoms with van der Waals surface area (Å²) in [7, 11) is 0. The molecule has 2 N–H and O–H groups in total. The Morgan fingerprint density at radius 2 is 1.65 bits per heavy atom. The van der Waals surface area contributed by atoms with Crippen molar-refractivity contribution in [2.75, 3.05) is 13.1 Å². The largest absolute Gasteiger partial charge is 0.330 e. The topological polar surface area (TPSA) is 29.3 Å². The zero-order valence-corrected chi connectivity index (χ0v) is 14.2. The first-order chi connectivity index (χ1) is 9.47. The van der Waals surface area contributed by atoms with E-state index in [9.17, 15) is 0 Å². The molecule has 2 heteroatoms. The summed E-state index contributed by atoms with van der Waals surface area (Å²) in [6, 6.07) is 1.61. The Morgan fingerprint density at radius 3 is 2.15 bits per heavy atom. The average molecular weight is 280 g/mol. The van der Waals surface area contributed by atoms with Crippen LogP contribution in [-0.4, -0.2) is 30.1 Å². The summed E-state index contributed by atoms with van der Waals surface area (Å²) < 4.78 is 0. The van der Waals surface area contributed by atoms with Crippen LogP contribution in [-0.2, 0) is 0 Å². The van der Waals surface area contributed by atoms with Crippen LogP contribution in [0.5, 0.6) is 0 Å². The molecule has 0 spiro atoms. The third kappa shape index (κ3) is 3.57. The maximum Gasteiger partial charge on any atom is 0.0138 e. The van der Waals surface area contributed by atoms with Crippen LogP contribution < -0.4 is 5.73 Å². The van der Waals surface area contributed by atoms with E-state index in [2.05, 4.69) is 32.6 Å². The van der Waals surface area contributed by atoms with Gasteiger partial charge in [-0.25, -0.2) is 0 Å². The molecule has 2 rings (SSSR count). The minimum atomic E-state index is 0.495. The van der Waals surface area contributed by atoms with Gasteiger partial charge in [0.25, 0.3) is 0 Å². The van der Waals surface area contributed by atoms with Crippen LogP contribution in [0.4, 0.5) is 0 Å². The molecule has 0 heterocycles. The van der Waals surface area contributed by atoms with Gasteiger partial charge >= 0.3 is 0 Å². The van der Waals surface area contributed by atoms with Crippen LogP contribution in [0.2, 0.25) is 0 Å². The highest BCUT2D eigenvalue weighted by molar-refractivity contribution is 4.91. The molecule has 0 bridgehead atoms. The molecule has 2 atom stereocenters. The lowest BCUT2D eigenvalue weighted by atomic mass is 9.71.